The predicted octanol–water partition coefficient (Wildman–Crippen LogP) is 3.26. The second-order valence-electron chi connectivity index (χ2n) is 8.91. The summed E-state index contributed by atoms with van der Waals surface area (Å²) in [6.45, 7) is 1.36. The van der Waals surface area contributed by atoms with Gasteiger partial charge in [-0.1, -0.05) is 19.1 Å². The summed E-state index contributed by atoms with van der Waals surface area (Å²) in [4.78, 5) is 64.2. The van der Waals surface area contributed by atoms with E-state index < -0.39 is 52.5 Å². The average molecular weight is 479 g/mol. The number of benzene rings is 2. The van der Waals surface area contributed by atoms with Crippen LogP contribution < -0.4 is 4.74 Å². The molecule has 35 heavy (non-hydrogen) atoms. The van der Waals surface area contributed by atoms with Crippen molar-refractivity contribution < 1.29 is 28.8 Å². The van der Waals surface area contributed by atoms with Gasteiger partial charge in [-0.2, -0.15) is 5.01 Å². The lowest BCUT2D eigenvalue weighted by Crippen LogP contribution is -2.52. The van der Waals surface area contributed by atoms with Gasteiger partial charge >= 0.3 is 0 Å². The van der Waals surface area contributed by atoms with E-state index in [0.717, 1.165) is 22.5 Å². The number of carbonyl (C=O) groups excluding carboxylic acids is 4. The summed E-state index contributed by atoms with van der Waals surface area (Å²) < 4.78 is 5.10. The molecule has 1 saturated carbocycles. The van der Waals surface area contributed by atoms with Gasteiger partial charge in [0.2, 0.25) is 0 Å². The Kier molecular flexibility index (Phi) is 6.63. The van der Waals surface area contributed by atoms with Gasteiger partial charge in [-0.3, -0.25) is 29.3 Å². The van der Waals surface area contributed by atoms with Crippen LogP contribution in [0.4, 0.5) is 5.69 Å². The van der Waals surface area contributed by atoms with Crippen LogP contribution >= 0.6 is 0 Å². The molecule has 0 radical (unpaired) electrons. The van der Waals surface area contributed by atoms with Crippen molar-refractivity contribution in [2.75, 3.05) is 13.7 Å². The van der Waals surface area contributed by atoms with Gasteiger partial charge in [0.1, 0.15) is 17.9 Å². The maximum Gasteiger partial charge on any atom is 0.282 e. The van der Waals surface area contributed by atoms with Gasteiger partial charge in [0.25, 0.3) is 23.4 Å². The minimum Gasteiger partial charge on any atom is -0.497 e. The summed E-state index contributed by atoms with van der Waals surface area (Å²) >= 11 is 0. The molecule has 0 spiro atoms. The Hall–Kier alpha value is -4.08. The van der Waals surface area contributed by atoms with E-state index >= 15 is 0 Å². The van der Waals surface area contributed by atoms with E-state index in [4.69, 9.17) is 4.74 Å². The van der Waals surface area contributed by atoms with Crippen LogP contribution in [0.3, 0.4) is 0 Å². The first kappa shape index (κ1) is 24.1. The highest BCUT2D eigenvalue weighted by atomic mass is 16.6. The van der Waals surface area contributed by atoms with Gasteiger partial charge < -0.3 is 4.74 Å². The minimum absolute atomic E-state index is 0.233. The van der Waals surface area contributed by atoms with Crippen LogP contribution in [0.25, 0.3) is 0 Å². The number of ether oxygens (including phenoxy) is 1. The first-order valence-electron chi connectivity index (χ1n) is 11.3. The van der Waals surface area contributed by atoms with E-state index in [2.05, 4.69) is 0 Å². The normalized spacial score (nSPS) is 21.4. The van der Waals surface area contributed by atoms with Crippen molar-refractivity contribution in [1.82, 2.24) is 10.0 Å². The molecule has 0 N–H and O–H groups in total. The number of hydrogen-bond acceptors (Lipinski definition) is 7. The molecule has 0 unspecified atom stereocenters. The van der Waals surface area contributed by atoms with Gasteiger partial charge in [0.15, 0.2) is 5.78 Å². The smallest absolute Gasteiger partial charge is 0.282 e. The number of fused-ring (bicyclic) bond motifs is 1. The molecule has 3 amide bonds. The molecule has 1 heterocycles. The number of hydrogen-bond donors (Lipinski definition) is 0. The summed E-state index contributed by atoms with van der Waals surface area (Å²) in [6.07, 6.45) is 1.79. The number of carbonyl (C=O) groups is 4. The number of methoxy groups -OCH3 is 1. The Morgan fingerprint density at radius 2 is 1.71 bits per heavy atom. The molecule has 10 heteroatoms. The number of para-hydroxylation sites is 1. The number of nitro benzene ring substituents is 1. The molecule has 4 rings (SSSR count). The lowest BCUT2D eigenvalue weighted by atomic mass is 9.76. The zero-order valence-corrected chi connectivity index (χ0v) is 19.4. The molecular weight excluding hydrogens is 454 g/mol. The maximum atomic E-state index is 13.6. The molecule has 2 aliphatic rings. The Morgan fingerprint density at radius 1 is 1.06 bits per heavy atom. The quantitative estimate of drug-likeness (QED) is 0.258. The molecule has 0 aromatic heterocycles. The molecular formula is C25H25N3O7. The molecule has 182 valence electrons. The molecule has 1 aliphatic heterocycles. The fourth-order valence-corrected chi connectivity index (χ4v) is 4.80. The number of amides is 3. The number of nitrogens with zero attached hydrogens (tertiary/aromatic N) is 3. The van der Waals surface area contributed by atoms with Crippen molar-refractivity contribution in [1.29, 1.82) is 0 Å². The minimum atomic E-state index is -0.965. The average Bonchev–Trinajstić information content (AvgIpc) is 3.10. The molecule has 1 saturated heterocycles. The van der Waals surface area contributed by atoms with Gasteiger partial charge in [0.05, 0.1) is 23.9 Å². The van der Waals surface area contributed by atoms with E-state index in [9.17, 15) is 29.3 Å². The van der Waals surface area contributed by atoms with Crippen LogP contribution in [-0.2, 0) is 9.59 Å². The lowest BCUT2D eigenvalue weighted by Gasteiger charge is -2.30. The number of hydrazine groups is 1. The molecule has 2 aromatic rings. The van der Waals surface area contributed by atoms with E-state index in [1.807, 2.05) is 6.92 Å². The third-order valence-electron chi connectivity index (χ3n) is 6.68. The number of Topliss-reactive ketones (excluding diaryl/α,β-unsaturated/α-hetero) is 1. The number of imide groups is 1. The van der Waals surface area contributed by atoms with Crippen molar-refractivity contribution >= 4 is 29.2 Å². The first-order valence-corrected chi connectivity index (χ1v) is 11.3. The summed E-state index contributed by atoms with van der Waals surface area (Å²) in [7, 11) is 1.48. The monoisotopic (exact) mass is 479 g/mol. The molecule has 2 fully saturated rings. The van der Waals surface area contributed by atoms with Gasteiger partial charge in [0, 0.05) is 11.6 Å². The van der Waals surface area contributed by atoms with Crippen molar-refractivity contribution in [3.05, 3.63) is 69.8 Å². The van der Waals surface area contributed by atoms with E-state index in [1.165, 1.54) is 37.4 Å². The zero-order valence-electron chi connectivity index (χ0n) is 19.4. The number of nitro groups is 1. The number of rotatable bonds is 7. The number of ketones is 1. The van der Waals surface area contributed by atoms with Crippen molar-refractivity contribution in [2.24, 2.45) is 17.8 Å². The van der Waals surface area contributed by atoms with E-state index in [-0.39, 0.29) is 17.0 Å². The second-order valence-corrected chi connectivity index (χ2v) is 8.91. The molecule has 3 atom stereocenters. The van der Waals surface area contributed by atoms with Crippen LogP contribution in [0.15, 0.2) is 48.5 Å². The summed E-state index contributed by atoms with van der Waals surface area (Å²) in [6, 6.07) is 11.4. The van der Waals surface area contributed by atoms with Crippen molar-refractivity contribution in [2.45, 2.75) is 26.2 Å². The fraction of sp³-hybridized carbons (Fsp3) is 0.360. The van der Waals surface area contributed by atoms with Crippen molar-refractivity contribution in [3.8, 4) is 5.75 Å². The SMILES string of the molecule is COc1ccc(C(=O)CN(C(=O)c2ccccc2[N+](=O)[O-])N2C(=O)[C@H]3C[C@@H](C)CC[C@H]3C2=O)cc1. The molecule has 1 aliphatic carbocycles. The van der Waals surface area contributed by atoms with Crippen LogP contribution in [0.1, 0.15) is 46.9 Å². The predicted molar refractivity (Wildman–Crippen MR) is 123 cm³/mol. The third-order valence-corrected chi connectivity index (χ3v) is 6.68. The van der Waals surface area contributed by atoms with Gasteiger partial charge in [-0.15, -0.1) is 0 Å². The lowest BCUT2D eigenvalue weighted by molar-refractivity contribution is -0.385. The van der Waals surface area contributed by atoms with Gasteiger partial charge in [-0.05, 0) is 55.5 Å². The Morgan fingerprint density at radius 3 is 2.37 bits per heavy atom. The van der Waals surface area contributed by atoms with Crippen LogP contribution in [0.5, 0.6) is 5.75 Å². The summed E-state index contributed by atoms with van der Waals surface area (Å²) in [5.41, 5.74) is -0.565. The highest BCUT2D eigenvalue weighted by Crippen LogP contribution is 2.41. The maximum absolute atomic E-state index is 13.6. The molecule has 2 aromatic carbocycles. The Labute approximate surface area is 201 Å². The van der Waals surface area contributed by atoms with Gasteiger partial charge in [-0.25, -0.2) is 5.01 Å². The van der Waals surface area contributed by atoms with Crippen molar-refractivity contribution in [3.63, 3.8) is 0 Å². The third kappa shape index (κ3) is 4.51. The Bertz CT molecular complexity index is 1190. The summed E-state index contributed by atoms with van der Waals surface area (Å²) in [5, 5.41) is 13.1. The van der Waals surface area contributed by atoms with Crippen LogP contribution in [-0.4, -0.2) is 52.1 Å². The molecule has 10 nitrogen and oxygen atoms in total. The second kappa shape index (κ2) is 9.65. The van der Waals surface area contributed by atoms with Crippen LogP contribution in [0, 0.1) is 27.9 Å². The first-order chi connectivity index (χ1) is 16.7. The van der Waals surface area contributed by atoms with E-state index in [0.29, 0.717) is 18.6 Å². The highest BCUT2D eigenvalue weighted by molar-refractivity contribution is 6.10. The highest BCUT2D eigenvalue weighted by Gasteiger charge is 2.53. The summed E-state index contributed by atoms with van der Waals surface area (Å²) in [5.74, 6) is -3.00. The van der Waals surface area contributed by atoms with Crippen LogP contribution in [0.2, 0.25) is 0 Å². The topological polar surface area (TPSA) is 127 Å². The zero-order chi connectivity index (χ0) is 25.3. The Balaban J connectivity index is 1.73. The van der Waals surface area contributed by atoms with E-state index in [1.54, 1.807) is 12.1 Å². The molecule has 0 bridgehead atoms. The standard InChI is InChI=1S/C25H25N3O7/c1-15-7-12-18-20(13-15)25(32)27(24(18)31)26(14-22(29)16-8-10-17(35-2)11-9-16)23(30)19-5-3-4-6-21(19)28(33)34/h3-6,8-11,15,18,20H,7,12-14H2,1-2H3/t15-,18+,20-/m0/s1. The largest absolute Gasteiger partial charge is 0.497 e. The fourth-order valence-electron chi connectivity index (χ4n) is 4.80.